The summed E-state index contributed by atoms with van der Waals surface area (Å²) >= 11 is 0. The molecule has 0 aromatic rings. The molecular formula is C12H21NaO13. The van der Waals surface area contributed by atoms with E-state index in [0.29, 0.717) is 0 Å². The van der Waals surface area contributed by atoms with Crippen LogP contribution in [0.15, 0.2) is 0 Å². The van der Waals surface area contributed by atoms with E-state index < -0.39 is 73.7 Å². The van der Waals surface area contributed by atoms with Crippen LogP contribution in [-0.4, -0.2) is 107 Å². The number of ether oxygens (including phenoxy) is 1. The topological polar surface area (TPSA) is 243 Å². The Balaban J connectivity index is -0.00000288. The molecule has 0 spiro atoms. The first-order valence-corrected chi connectivity index (χ1v) is 6.74. The largest absolute Gasteiger partial charge is 1.00 e. The first kappa shape index (κ1) is 27.3. The van der Waals surface area contributed by atoms with Gasteiger partial charge in [-0.3, -0.25) is 9.59 Å². The van der Waals surface area contributed by atoms with Crippen molar-refractivity contribution >= 4 is 17.9 Å². The molecule has 14 heteroatoms. The van der Waals surface area contributed by atoms with Crippen LogP contribution >= 0.6 is 0 Å². The maximum absolute atomic E-state index is 11.5. The number of carbonyl (C=O) groups excluding carboxylic acids is 1. The van der Waals surface area contributed by atoms with Crippen LogP contribution in [0, 0.1) is 0 Å². The van der Waals surface area contributed by atoms with Gasteiger partial charge in [0.2, 0.25) is 6.29 Å². The van der Waals surface area contributed by atoms with E-state index in [4.69, 9.17) is 20.4 Å². The molecule has 0 aromatic carbocycles. The molecule has 0 aliphatic rings. The summed E-state index contributed by atoms with van der Waals surface area (Å²) < 4.78 is 4.16. The van der Waals surface area contributed by atoms with E-state index in [0.717, 1.165) is 0 Å². The second kappa shape index (κ2) is 11.8. The fourth-order valence-corrected chi connectivity index (χ4v) is 1.66. The Labute approximate surface area is 169 Å². The van der Waals surface area contributed by atoms with Gasteiger partial charge >= 0.3 is 47.5 Å². The number of hydrogen-bond donors (Lipinski definition) is 9. The van der Waals surface area contributed by atoms with Crippen LogP contribution in [0.25, 0.3) is 0 Å². The monoisotopic (exact) mass is 396 g/mol. The van der Waals surface area contributed by atoms with Gasteiger partial charge in [0.05, 0.1) is 19.4 Å². The van der Waals surface area contributed by atoms with Gasteiger partial charge in [0.1, 0.15) is 24.4 Å². The molecule has 2 unspecified atom stereocenters. The number of aliphatic hydroxyl groups is 7. The molecule has 13 nitrogen and oxygen atoms in total. The number of esters is 1. The van der Waals surface area contributed by atoms with Crippen molar-refractivity contribution in [2.24, 2.45) is 0 Å². The molecule has 0 heterocycles. The summed E-state index contributed by atoms with van der Waals surface area (Å²) in [6.45, 7) is -0.998. The Morgan fingerprint density at radius 1 is 0.923 bits per heavy atom. The van der Waals surface area contributed by atoms with Crippen LogP contribution in [0.5, 0.6) is 0 Å². The second-order valence-corrected chi connectivity index (χ2v) is 5.19. The van der Waals surface area contributed by atoms with Crippen molar-refractivity contribution in [3.63, 3.8) is 0 Å². The molecule has 26 heavy (non-hydrogen) atoms. The third-order valence-corrected chi connectivity index (χ3v) is 3.10. The van der Waals surface area contributed by atoms with Crippen molar-refractivity contribution in [1.82, 2.24) is 0 Å². The van der Waals surface area contributed by atoms with Gasteiger partial charge < -0.3 is 52.1 Å². The Hall–Kier alpha value is -0.870. The van der Waals surface area contributed by atoms with Crippen LogP contribution in [0.4, 0.5) is 0 Å². The number of carbonyl (C=O) groups is 3. The van der Waals surface area contributed by atoms with Crippen LogP contribution in [-0.2, 0) is 19.1 Å². The summed E-state index contributed by atoms with van der Waals surface area (Å²) in [4.78, 5) is 32.9. The summed E-state index contributed by atoms with van der Waals surface area (Å²) in [5.41, 5.74) is -3.04. The maximum atomic E-state index is 11.5. The smallest absolute Gasteiger partial charge is 1.00 e. The molecule has 0 fully saturated rings. The minimum absolute atomic E-state index is 0. The molecule has 0 aromatic heterocycles. The molecular weight excluding hydrogens is 375 g/mol. The molecule has 6 atom stereocenters. The molecule has 0 saturated heterocycles. The molecule has 0 saturated carbocycles. The molecule has 0 bridgehead atoms. The fourth-order valence-electron chi connectivity index (χ4n) is 1.66. The van der Waals surface area contributed by atoms with E-state index in [-0.39, 0.29) is 31.0 Å². The Bertz CT molecular complexity index is 492. The summed E-state index contributed by atoms with van der Waals surface area (Å²) in [5.74, 6) is -5.43. The maximum Gasteiger partial charge on any atom is 1.00 e. The van der Waals surface area contributed by atoms with Crippen molar-refractivity contribution in [2.75, 3.05) is 6.61 Å². The van der Waals surface area contributed by atoms with Gasteiger partial charge in [0, 0.05) is 0 Å². The molecule has 0 rings (SSSR count). The van der Waals surface area contributed by atoms with E-state index in [2.05, 4.69) is 4.74 Å². The predicted octanol–water partition coefficient (Wildman–Crippen LogP) is -7.92. The Kier molecular flexibility index (Phi) is 12.4. The van der Waals surface area contributed by atoms with Crippen LogP contribution in [0.2, 0.25) is 0 Å². The second-order valence-electron chi connectivity index (χ2n) is 5.19. The number of aliphatic hydroxyl groups excluding tert-OH is 6. The average molecular weight is 396 g/mol. The summed E-state index contributed by atoms with van der Waals surface area (Å²) in [6, 6.07) is 0. The van der Waals surface area contributed by atoms with Gasteiger partial charge in [-0.05, 0) is 0 Å². The van der Waals surface area contributed by atoms with Gasteiger partial charge in [-0.2, -0.15) is 0 Å². The van der Waals surface area contributed by atoms with Gasteiger partial charge in [0.25, 0.3) is 0 Å². The van der Waals surface area contributed by atoms with Crippen molar-refractivity contribution in [1.29, 1.82) is 0 Å². The zero-order valence-electron chi connectivity index (χ0n) is 14.7. The van der Waals surface area contributed by atoms with Crippen molar-refractivity contribution in [2.45, 2.75) is 49.1 Å². The normalized spacial score (nSPS) is 19.0. The van der Waals surface area contributed by atoms with E-state index in [1.807, 2.05) is 0 Å². The van der Waals surface area contributed by atoms with Gasteiger partial charge in [0.15, 0.2) is 5.60 Å². The average Bonchev–Trinajstić information content (AvgIpc) is 2.50. The molecule has 0 radical (unpaired) electrons. The van der Waals surface area contributed by atoms with E-state index >= 15 is 0 Å². The first-order chi connectivity index (χ1) is 11.4. The Morgan fingerprint density at radius 2 is 1.42 bits per heavy atom. The SMILES string of the molecule is O=C(O)CC(O)(CC(=O)OC(O)[C@H](O)[C@@H](O)[C@H](O)[C@H](O)CO)C(=O)O.[H-].[Na+]. The zero-order valence-corrected chi connectivity index (χ0v) is 15.7. The summed E-state index contributed by atoms with van der Waals surface area (Å²) in [5, 5.41) is 82.3. The Morgan fingerprint density at radius 3 is 1.81 bits per heavy atom. The minimum atomic E-state index is -3.04. The van der Waals surface area contributed by atoms with E-state index in [1.54, 1.807) is 0 Å². The molecule has 0 amide bonds. The van der Waals surface area contributed by atoms with E-state index in [9.17, 15) is 39.9 Å². The summed E-state index contributed by atoms with van der Waals surface area (Å²) in [6.07, 6.45) is -14.0. The van der Waals surface area contributed by atoms with Gasteiger partial charge in [-0.15, -0.1) is 0 Å². The molecule has 0 aliphatic heterocycles. The molecule has 148 valence electrons. The van der Waals surface area contributed by atoms with Crippen molar-refractivity contribution < 1.29 is 96.1 Å². The third-order valence-electron chi connectivity index (χ3n) is 3.10. The first-order valence-electron chi connectivity index (χ1n) is 6.74. The minimum Gasteiger partial charge on any atom is -1.00 e. The van der Waals surface area contributed by atoms with Crippen LogP contribution in [0.3, 0.4) is 0 Å². The van der Waals surface area contributed by atoms with Crippen LogP contribution < -0.4 is 29.6 Å². The predicted molar refractivity (Wildman–Crippen MR) is 73.8 cm³/mol. The standard InChI is InChI=1S/C12H20O13.Na.H/c13-3-4(14)7(18)8(19)9(20)10(21)25-6(17)2-12(24,11(22)23)1-5(15)16;;/h4,7-10,13-14,18-21,24H,1-3H2,(H,15,16)(H,22,23);;/q;+1;-1/t4-,7-,8+,9-,10?,12?;;/m1../s1. The van der Waals surface area contributed by atoms with Crippen LogP contribution in [0.1, 0.15) is 14.3 Å². The van der Waals surface area contributed by atoms with Crippen molar-refractivity contribution in [3.8, 4) is 0 Å². The van der Waals surface area contributed by atoms with Gasteiger partial charge in [-0.1, -0.05) is 0 Å². The molecule has 9 N–H and O–H groups in total. The number of carboxylic acid groups (broad SMARTS) is 2. The number of rotatable bonds is 11. The van der Waals surface area contributed by atoms with E-state index in [1.165, 1.54) is 0 Å². The molecule has 0 aliphatic carbocycles. The fraction of sp³-hybridized carbons (Fsp3) is 0.750. The zero-order chi connectivity index (χ0) is 19.9. The third kappa shape index (κ3) is 8.22. The quantitative estimate of drug-likeness (QED) is 0.0896. The van der Waals surface area contributed by atoms with Gasteiger partial charge in [-0.25, -0.2) is 4.79 Å². The summed E-state index contributed by atoms with van der Waals surface area (Å²) in [7, 11) is 0. The number of hydrogen-bond acceptors (Lipinski definition) is 11. The number of aliphatic carboxylic acids is 2. The number of carboxylic acids is 2. The van der Waals surface area contributed by atoms with Crippen molar-refractivity contribution in [3.05, 3.63) is 0 Å².